The van der Waals surface area contributed by atoms with E-state index in [0.717, 1.165) is 50.3 Å². The number of guanidine groups is 1. The maximum Gasteiger partial charge on any atom is 0.193 e. The third-order valence-corrected chi connectivity index (χ3v) is 4.38. The maximum absolute atomic E-state index is 6.09. The molecule has 0 bridgehead atoms. The van der Waals surface area contributed by atoms with Crippen LogP contribution in [0, 0.1) is 0 Å². The minimum absolute atomic E-state index is 0.783. The highest BCUT2D eigenvalue weighted by atomic mass is 35.5. The van der Waals surface area contributed by atoms with Crippen LogP contribution >= 0.6 is 11.6 Å². The van der Waals surface area contributed by atoms with Gasteiger partial charge in [-0.1, -0.05) is 17.7 Å². The normalized spacial score (nSPS) is 15.7. The summed E-state index contributed by atoms with van der Waals surface area (Å²) in [6.07, 6.45) is 3.76. The first kappa shape index (κ1) is 16.6. The molecule has 0 unspecified atom stereocenters. The summed E-state index contributed by atoms with van der Waals surface area (Å²) in [6.45, 7) is 5.43. The van der Waals surface area contributed by atoms with Crippen LogP contribution in [0.15, 0.2) is 47.7 Å². The van der Waals surface area contributed by atoms with Crippen molar-refractivity contribution in [1.29, 1.82) is 0 Å². The molecule has 6 nitrogen and oxygen atoms in total. The van der Waals surface area contributed by atoms with Crippen molar-refractivity contribution in [2.45, 2.75) is 6.54 Å². The fourth-order valence-electron chi connectivity index (χ4n) is 2.90. The number of rotatable bonds is 4. The Balaban J connectivity index is 1.49. The molecular weight excluding hydrogens is 324 g/mol. The van der Waals surface area contributed by atoms with Gasteiger partial charge in [-0.25, -0.2) is 0 Å². The summed E-state index contributed by atoms with van der Waals surface area (Å²) in [5.41, 5.74) is 1.18. The number of nitrogens with zero attached hydrogens (tertiary/aromatic N) is 5. The lowest BCUT2D eigenvalue weighted by molar-refractivity contribution is 0.371. The zero-order valence-electron chi connectivity index (χ0n) is 13.9. The van der Waals surface area contributed by atoms with Crippen molar-refractivity contribution in [3.63, 3.8) is 0 Å². The molecule has 1 saturated heterocycles. The van der Waals surface area contributed by atoms with Crippen LogP contribution < -0.4 is 10.2 Å². The van der Waals surface area contributed by atoms with E-state index < -0.39 is 0 Å². The number of hydrogen-bond donors (Lipinski definition) is 1. The fourth-order valence-corrected chi connectivity index (χ4v) is 3.08. The molecule has 0 spiro atoms. The van der Waals surface area contributed by atoms with E-state index in [4.69, 9.17) is 11.6 Å². The summed E-state index contributed by atoms with van der Waals surface area (Å²) in [5.74, 6) is 0.952. The molecule has 3 rings (SSSR count). The fraction of sp³-hybridized carbons (Fsp3) is 0.412. The SMILES string of the molecule is CN=C(NCCn1cccn1)N1CCN(c2cccc(Cl)c2)CC1. The van der Waals surface area contributed by atoms with Crippen LogP contribution in [0.2, 0.25) is 5.02 Å². The van der Waals surface area contributed by atoms with E-state index in [1.54, 1.807) is 6.20 Å². The molecule has 1 N–H and O–H groups in total. The molecule has 7 heteroatoms. The van der Waals surface area contributed by atoms with E-state index in [0.29, 0.717) is 0 Å². The largest absolute Gasteiger partial charge is 0.368 e. The molecule has 1 aromatic heterocycles. The van der Waals surface area contributed by atoms with Gasteiger partial charge in [-0.3, -0.25) is 9.67 Å². The Bertz CT molecular complexity index is 661. The minimum atomic E-state index is 0.783. The molecule has 0 aliphatic carbocycles. The van der Waals surface area contributed by atoms with Gasteiger partial charge in [-0.05, 0) is 24.3 Å². The lowest BCUT2D eigenvalue weighted by Crippen LogP contribution is -2.52. The monoisotopic (exact) mass is 346 g/mol. The molecule has 1 aromatic carbocycles. The highest BCUT2D eigenvalue weighted by molar-refractivity contribution is 6.30. The van der Waals surface area contributed by atoms with Crippen molar-refractivity contribution in [2.24, 2.45) is 4.99 Å². The predicted molar refractivity (Wildman–Crippen MR) is 98.8 cm³/mol. The van der Waals surface area contributed by atoms with Crippen molar-refractivity contribution in [3.8, 4) is 0 Å². The van der Waals surface area contributed by atoms with E-state index in [1.807, 2.05) is 42.2 Å². The summed E-state index contributed by atoms with van der Waals surface area (Å²) in [5, 5.41) is 8.41. The Morgan fingerprint density at radius 2 is 2.08 bits per heavy atom. The van der Waals surface area contributed by atoms with E-state index >= 15 is 0 Å². The van der Waals surface area contributed by atoms with Crippen LogP contribution in [0.25, 0.3) is 0 Å². The molecule has 1 aliphatic heterocycles. The minimum Gasteiger partial charge on any atom is -0.368 e. The third kappa shape index (κ3) is 4.20. The number of halogens is 1. The molecule has 24 heavy (non-hydrogen) atoms. The second-order valence-electron chi connectivity index (χ2n) is 5.70. The smallest absolute Gasteiger partial charge is 0.193 e. The van der Waals surface area contributed by atoms with Gasteiger partial charge in [-0.2, -0.15) is 5.10 Å². The highest BCUT2D eigenvalue weighted by Gasteiger charge is 2.19. The lowest BCUT2D eigenvalue weighted by atomic mass is 10.2. The van der Waals surface area contributed by atoms with Gasteiger partial charge in [0.15, 0.2) is 5.96 Å². The molecule has 2 heterocycles. The molecule has 0 radical (unpaired) electrons. The van der Waals surface area contributed by atoms with E-state index in [2.05, 4.69) is 31.3 Å². The average Bonchev–Trinajstić information content (AvgIpc) is 3.12. The lowest BCUT2D eigenvalue weighted by Gasteiger charge is -2.37. The molecule has 0 amide bonds. The van der Waals surface area contributed by atoms with Crippen molar-refractivity contribution >= 4 is 23.2 Å². The van der Waals surface area contributed by atoms with Crippen LogP contribution in [0.3, 0.4) is 0 Å². The van der Waals surface area contributed by atoms with E-state index in [9.17, 15) is 0 Å². The second-order valence-corrected chi connectivity index (χ2v) is 6.13. The summed E-state index contributed by atoms with van der Waals surface area (Å²) in [6, 6.07) is 9.98. The quantitative estimate of drug-likeness (QED) is 0.679. The van der Waals surface area contributed by atoms with Gasteiger partial charge >= 0.3 is 0 Å². The van der Waals surface area contributed by atoms with Crippen LogP contribution in [0.4, 0.5) is 5.69 Å². The molecule has 128 valence electrons. The standard InChI is InChI=1S/C17H23ClN6/c1-19-17(20-7-9-24-8-3-6-21-24)23-12-10-22(11-13-23)16-5-2-4-15(18)14-16/h2-6,8,14H,7,9-13H2,1H3,(H,19,20). The number of aromatic nitrogens is 2. The first-order valence-corrected chi connectivity index (χ1v) is 8.57. The van der Waals surface area contributed by atoms with Crippen molar-refractivity contribution in [1.82, 2.24) is 20.0 Å². The zero-order valence-corrected chi connectivity index (χ0v) is 14.7. The molecular formula is C17H23ClN6. The first-order chi connectivity index (χ1) is 11.8. The Morgan fingerprint density at radius 1 is 1.25 bits per heavy atom. The predicted octanol–water partition coefficient (Wildman–Crippen LogP) is 1.93. The Hall–Kier alpha value is -2.21. The van der Waals surface area contributed by atoms with Crippen LogP contribution in [0.1, 0.15) is 0 Å². The highest BCUT2D eigenvalue weighted by Crippen LogP contribution is 2.20. The first-order valence-electron chi connectivity index (χ1n) is 8.20. The van der Waals surface area contributed by atoms with E-state index in [-0.39, 0.29) is 0 Å². The van der Waals surface area contributed by atoms with Gasteiger partial charge in [0, 0.05) is 62.9 Å². The van der Waals surface area contributed by atoms with Gasteiger partial charge in [0.25, 0.3) is 0 Å². The molecule has 0 atom stereocenters. The van der Waals surface area contributed by atoms with E-state index in [1.165, 1.54) is 5.69 Å². The topological polar surface area (TPSA) is 48.7 Å². The van der Waals surface area contributed by atoms with Gasteiger partial charge < -0.3 is 15.1 Å². The molecule has 2 aromatic rings. The van der Waals surface area contributed by atoms with Gasteiger partial charge in [0.2, 0.25) is 0 Å². The number of aliphatic imine (C=N–C) groups is 1. The number of anilines is 1. The Labute approximate surface area is 147 Å². The molecule has 0 saturated carbocycles. The summed E-state index contributed by atoms with van der Waals surface area (Å²) in [4.78, 5) is 9.06. The van der Waals surface area contributed by atoms with Gasteiger partial charge in [0.1, 0.15) is 0 Å². The van der Waals surface area contributed by atoms with Crippen molar-refractivity contribution in [3.05, 3.63) is 47.7 Å². The maximum atomic E-state index is 6.09. The van der Waals surface area contributed by atoms with Crippen LogP contribution in [-0.4, -0.2) is 60.4 Å². The van der Waals surface area contributed by atoms with Crippen molar-refractivity contribution < 1.29 is 0 Å². The zero-order chi connectivity index (χ0) is 16.8. The number of hydrogen-bond acceptors (Lipinski definition) is 3. The van der Waals surface area contributed by atoms with Crippen LogP contribution in [-0.2, 0) is 6.54 Å². The Morgan fingerprint density at radius 3 is 2.75 bits per heavy atom. The van der Waals surface area contributed by atoms with Crippen molar-refractivity contribution in [2.75, 3.05) is 44.7 Å². The third-order valence-electron chi connectivity index (χ3n) is 4.15. The summed E-state index contributed by atoms with van der Waals surface area (Å²) in [7, 11) is 1.83. The number of benzene rings is 1. The average molecular weight is 347 g/mol. The van der Waals surface area contributed by atoms with Crippen LogP contribution in [0.5, 0.6) is 0 Å². The molecule has 1 aliphatic rings. The summed E-state index contributed by atoms with van der Waals surface area (Å²) >= 11 is 6.09. The second kappa shape index (κ2) is 8.06. The summed E-state index contributed by atoms with van der Waals surface area (Å²) < 4.78 is 1.91. The van der Waals surface area contributed by atoms with Gasteiger partial charge in [0.05, 0.1) is 6.54 Å². The number of piperazine rings is 1. The van der Waals surface area contributed by atoms with Gasteiger partial charge in [-0.15, -0.1) is 0 Å². The number of nitrogens with one attached hydrogen (secondary N) is 1. The molecule has 1 fully saturated rings. The Kier molecular flexibility index (Phi) is 5.59.